The summed E-state index contributed by atoms with van der Waals surface area (Å²) in [5.74, 6) is 0. The van der Waals surface area contributed by atoms with E-state index in [0.717, 1.165) is 5.49 Å². The molecule has 0 N–H and O–H groups in total. The lowest BCUT2D eigenvalue weighted by molar-refractivity contribution is 0.366. The highest BCUT2D eigenvalue weighted by Gasteiger charge is 2.50. The third-order valence-corrected chi connectivity index (χ3v) is 12.8. The van der Waals surface area contributed by atoms with Crippen molar-refractivity contribution >= 4 is 48.6 Å². The van der Waals surface area contributed by atoms with Gasteiger partial charge in [-0.25, -0.2) is 0 Å². The van der Waals surface area contributed by atoms with Gasteiger partial charge < -0.3 is 34.5 Å². The summed E-state index contributed by atoms with van der Waals surface area (Å²) in [4.78, 5) is 1.44. The maximum absolute atomic E-state index is 9.75. The van der Waals surface area contributed by atoms with Crippen molar-refractivity contribution in [2.45, 2.75) is 4.90 Å². The number of hydrogen-bond donors (Lipinski definition) is 0. The fraction of sp³-hybridized carbons (Fsp3) is 0.0769. The van der Waals surface area contributed by atoms with E-state index in [-0.39, 0.29) is 10.9 Å². The quantitative estimate of drug-likeness (QED) is 0.0954. The third kappa shape index (κ3) is 10.9. The first-order valence-corrected chi connectivity index (χ1v) is 15.1. The molecule has 12 heteroatoms. The first kappa shape index (κ1) is 31.4. The monoisotopic (exact) mass is 574 g/mol. The van der Waals surface area contributed by atoms with Crippen molar-refractivity contribution in [2.24, 2.45) is 0 Å². The Balaban J connectivity index is 0.000000435. The lowest BCUT2D eigenvalue weighted by Gasteiger charge is -2.26. The fourth-order valence-electron chi connectivity index (χ4n) is 3.74. The van der Waals surface area contributed by atoms with Gasteiger partial charge in [0.05, 0.1) is 10.9 Å². The molecule has 0 fully saturated rings. The second kappa shape index (κ2) is 14.4. The molecule has 0 aliphatic heterocycles. The van der Waals surface area contributed by atoms with Crippen molar-refractivity contribution in [3.8, 4) is 0 Å². The Kier molecular flexibility index (Phi) is 11.9. The van der Waals surface area contributed by atoms with Crippen LogP contribution in [0.15, 0.2) is 126 Å². The molecule has 0 aliphatic rings. The van der Waals surface area contributed by atoms with E-state index in [1.165, 1.54) is 20.8 Å². The highest BCUT2D eigenvalue weighted by Crippen LogP contribution is 2.57. The average molecular weight is 574 g/mol. The molecule has 4 rings (SSSR count). The van der Waals surface area contributed by atoms with Gasteiger partial charge in [-0.1, -0.05) is 72.8 Å². The Labute approximate surface area is 221 Å². The Bertz CT molecular complexity index is 1080. The zero-order valence-corrected chi connectivity index (χ0v) is 22.0. The van der Waals surface area contributed by atoms with Gasteiger partial charge in [0.15, 0.2) is 12.2 Å². The number of hydrogen-bond acceptors (Lipinski definition) is 0. The Morgan fingerprint density at radius 3 is 0.974 bits per heavy atom. The third-order valence-electron chi connectivity index (χ3n) is 5.12. The molecule has 0 spiro atoms. The van der Waals surface area contributed by atoms with Crippen molar-refractivity contribution in [3.63, 3.8) is 0 Å². The molecule has 0 heterocycles. The molecule has 0 bridgehead atoms. The second-order valence-corrected chi connectivity index (χ2v) is 13.8. The maximum Gasteiger partial charge on any atom is 0.673 e. The molecular weight excluding hydrogens is 549 g/mol. The van der Waals surface area contributed by atoms with Crippen LogP contribution in [0.4, 0.5) is 34.5 Å². The number of benzene rings is 4. The summed E-state index contributed by atoms with van der Waals surface area (Å²) in [6.45, 7) is 0. The highest BCUT2D eigenvalue weighted by atomic mass is 32.2. The first-order chi connectivity index (χ1) is 17.8. The Morgan fingerprint density at radius 1 is 0.474 bits per heavy atom. The SMILES string of the molecule is C[S+](C[P+](c1ccccc1)(c1ccccc1)c1ccccc1)c1ccccc1.F[B-](F)(F)F.F[B-](F)(F)F. The van der Waals surface area contributed by atoms with Gasteiger partial charge in [0, 0.05) is 0 Å². The molecule has 0 radical (unpaired) electrons. The van der Waals surface area contributed by atoms with Gasteiger partial charge in [-0.15, -0.1) is 0 Å². The van der Waals surface area contributed by atoms with Crippen molar-refractivity contribution in [1.82, 2.24) is 0 Å². The summed E-state index contributed by atoms with van der Waals surface area (Å²) in [7, 11) is -13.6. The predicted octanol–water partition coefficient (Wildman–Crippen LogP) is 7.85. The fourth-order valence-corrected chi connectivity index (χ4v) is 12.0. The smallest absolute Gasteiger partial charge is 0.418 e. The summed E-state index contributed by atoms with van der Waals surface area (Å²) in [6, 6.07) is 44.4. The van der Waals surface area contributed by atoms with E-state index in [0.29, 0.717) is 0 Å². The lowest BCUT2D eigenvalue weighted by atomic mass is 10.3. The van der Waals surface area contributed by atoms with Crippen molar-refractivity contribution in [3.05, 3.63) is 121 Å². The van der Waals surface area contributed by atoms with E-state index in [9.17, 15) is 34.5 Å². The van der Waals surface area contributed by atoms with Crippen molar-refractivity contribution in [2.75, 3.05) is 11.7 Å². The van der Waals surface area contributed by atoms with Gasteiger partial charge >= 0.3 is 14.5 Å². The minimum absolute atomic E-state index is 0.145. The van der Waals surface area contributed by atoms with Crippen LogP contribution in [0, 0.1) is 0 Å². The van der Waals surface area contributed by atoms with E-state index in [2.05, 4.69) is 128 Å². The molecule has 0 nitrogen and oxygen atoms in total. The molecule has 4 aromatic rings. The minimum Gasteiger partial charge on any atom is -0.418 e. The van der Waals surface area contributed by atoms with Crippen LogP contribution in [0.3, 0.4) is 0 Å². The molecule has 202 valence electrons. The van der Waals surface area contributed by atoms with Crippen LogP contribution in [0.2, 0.25) is 0 Å². The molecule has 38 heavy (non-hydrogen) atoms. The van der Waals surface area contributed by atoms with Crippen LogP contribution in [-0.4, -0.2) is 26.3 Å². The van der Waals surface area contributed by atoms with Gasteiger partial charge in [0.1, 0.15) is 22.2 Å². The van der Waals surface area contributed by atoms with E-state index >= 15 is 0 Å². The predicted molar refractivity (Wildman–Crippen MR) is 148 cm³/mol. The Hall–Kier alpha value is -2.77. The average Bonchev–Trinajstić information content (AvgIpc) is 2.87. The molecule has 0 saturated heterocycles. The normalized spacial score (nSPS) is 12.3. The van der Waals surface area contributed by atoms with Crippen LogP contribution in [-0.2, 0) is 10.9 Å². The highest BCUT2D eigenvalue weighted by molar-refractivity contribution is 8.11. The van der Waals surface area contributed by atoms with Crippen LogP contribution in [0.5, 0.6) is 0 Å². The lowest BCUT2D eigenvalue weighted by Crippen LogP contribution is -2.35. The largest absolute Gasteiger partial charge is 0.673 e. The summed E-state index contributed by atoms with van der Waals surface area (Å²) in [6.07, 6.45) is 2.40. The summed E-state index contributed by atoms with van der Waals surface area (Å²) < 4.78 is 78.0. The van der Waals surface area contributed by atoms with Gasteiger partial charge in [-0.05, 0) is 48.5 Å². The van der Waals surface area contributed by atoms with Crippen molar-refractivity contribution < 1.29 is 34.5 Å². The summed E-state index contributed by atoms with van der Waals surface area (Å²) in [5, 5.41) is 4.38. The standard InChI is InChI=1S/C26H25PS.2BF4/c1-28(26-20-12-5-13-21-26)22-27(23-14-6-2-7-15-23,24-16-8-3-9-17-24)25-18-10-4-11-19-25;2*2-1(3,4)5/h2-21H,22H2,1H3;;/q+2;2*-1. The zero-order valence-electron chi connectivity index (χ0n) is 20.3. The number of halogens is 8. The molecular formula is C26H25B2F8PS. The van der Waals surface area contributed by atoms with Crippen LogP contribution < -0.4 is 15.9 Å². The van der Waals surface area contributed by atoms with Gasteiger partial charge in [0.25, 0.3) is 0 Å². The van der Waals surface area contributed by atoms with E-state index < -0.39 is 21.8 Å². The minimum atomic E-state index is -6.00. The van der Waals surface area contributed by atoms with Crippen LogP contribution in [0.25, 0.3) is 0 Å². The van der Waals surface area contributed by atoms with Gasteiger partial charge in [0.2, 0.25) is 5.49 Å². The molecule has 0 amide bonds. The molecule has 1 atom stereocenters. The molecule has 0 aliphatic carbocycles. The molecule has 0 saturated carbocycles. The van der Waals surface area contributed by atoms with Crippen molar-refractivity contribution in [1.29, 1.82) is 0 Å². The summed E-state index contributed by atoms with van der Waals surface area (Å²) >= 11 is 0. The van der Waals surface area contributed by atoms with Gasteiger partial charge in [-0.2, -0.15) is 0 Å². The Morgan fingerprint density at radius 2 is 0.711 bits per heavy atom. The van der Waals surface area contributed by atoms with Crippen LogP contribution in [0.1, 0.15) is 0 Å². The van der Waals surface area contributed by atoms with E-state index in [1.807, 2.05) is 0 Å². The topological polar surface area (TPSA) is 0 Å². The molecule has 4 aromatic carbocycles. The summed E-state index contributed by atoms with van der Waals surface area (Å²) in [5.41, 5.74) is 1.15. The molecule has 1 unspecified atom stereocenters. The van der Waals surface area contributed by atoms with Gasteiger partial charge in [-0.3, -0.25) is 0 Å². The van der Waals surface area contributed by atoms with E-state index in [4.69, 9.17) is 0 Å². The zero-order chi connectivity index (χ0) is 28.2. The van der Waals surface area contributed by atoms with Crippen LogP contribution >= 0.6 is 7.26 Å². The number of rotatable bonds is 6. The maximum atomic E-state index is 9.75. The molecule has 0 aromatic heterocycles. The second-order valence-electron chi connectivity index (χ2n) is 7.89. The van der Waals surface area contributed by atoms with E-state index in [1.54, 1.807) is 0 Å². The first-order valence-electron chi connectivity index (χ1n) is 11.3.